The second kappa shape index (κ2) is 7.22. The third kappa shape index (κ3) is 4.16. The van der Waals surface area contributed by atoms with Crippen molar-refractivity contribution in [3.05, 3.63) is 39.4 Å². The number of nitro benzene ring substituents is 1. The molecule has 0 saturated carbocycles. The van der Waals surface area contributed by atoms with Gasteiger partial charge in [0.15, 0.2) is 0 Å². The van der Waals surface area contributed by atoms with Crippen LogP contribution in [0, 0.1) is 10.1 Å². The summed E-state index contributed by atoms with van der Waals surface area (Å²) in [5, 5.41) is 11.1. The predicted octanol–water partition coefficient (Wildman–Crippen LogP) is 1.97. The highest BCUT2D eigenvalue weighted by molar-refractivity contribution is 5.90. The van der Waals surface area contributed by atoms with Crippen molar-refractivity contribution >= 4 is 17.7 Å². The first-order valence-electron chi connectivity index (χ1n) is 6.14. The van der Waals surface area contributed by atoms with E-state index in [0.717, 1.165) is 6.07 Å². The van der Waals surface area contributed by atoms with E-state index in [2.05, 4.69) is 4.74 Å². The number of carbonyl (C=O) groups is 2. The van der Waals surface area contributed by atoms with Gasteiger partial charge in [0.05, 0.1) is 30.7 Å². The third-order valence-electron chi connectivity index (χ3n) is 2.69. The zero-order valence-electron chi connectivity index (χ0n) is 12.0. The van der Waals surface area contributed by atoms with Gasteiger partial charge in [-0.15, -0.1) is 0 Å². The molecule has 8 nitrogen and oxygen atoms in total. The van der Waals surface area contributed by atoms with Crippen molar-refractivity contribution in [2.75, 3.05) is 20.8 Å². The Morgan fingerprint density at radius 3 is 2.57 bits per heavy atom. The van der Waals surface area contributed by atoms with Crippen LogP contribution in [0.4, 0.5) is 10.5 Å². The summed E-state index contributed by atoms with van der Waals surface area (Å²) >= 11 is 0. The highest BCUT2D eigenvalue weighted by atomic mass is 16.6. The van der Waals surface area contributed by atoms with Gasteiger partial charge in [0.25, 0.3) is 5.69 Å². The van der Waals surface area contributed by atoms with E-state index in [9.17, 15) is 19.7 Å². The molecule has 0 aliphatic carbocycles. The molecule has 0 spiro atoms. The molecule has 0 unspecified atom stereocenters. The van der Waals surface area contributed by atoms with Crippen LogP contribution in [0.3, 0.4) is 0 Å². The van der Waals surface area contributed by atoms with Crippen LogP contribution >= 0.6 is 0 Å². The minimum Gasteiger partial charge on any atom is -0.465 e. The maximum atomic E-state index is 11.5. The molecule has 0 aliphatic rings. The van der Waals surface area contributed by atoms with Crippen molar-refractivity contribution in [3.63, 3.8) is 0 Å². The van der Waals surface area contributed by atoms with E-state index in [1.165, 1.54) is 31.2 Å². The van der Waals surface area contributed by atoms with Gasteiger partial charge in [-0.2, -0.15) is 0 Å². The average Bonchev–Trinajstić information content (AvgIpc) is 2.46. The zero-order chi connectivity index (χ0) is 16.0. The Kier molecular flexibility index (Phi) is 5.65. The first-order valence-corrected chi connectivity index (χ1v) is 6.14. The van der Waals surface area contributed by atoms with Crippen LogP contribution in [0.5, 0.6) is 0 Å². The van der Waals surface area contributed by atoms with Gasteiger partial charge in [-0.25, -0.2) is 9.59 Å². The van der Waals surface area contributed by atoms with Crippen molar-refractivity contribution in [1.29, 1.82) is 0 Å². The van der Waals surface area contributed by atoms with Crippen molar-refractivity contribution in [2.45, 2.75) is 13.5 Å². The monoisotopic (exact) mass is 296 g/mol. The van der Waals surface area contributed by atoms with Crippen LogP contribution in [0.2, 0.25) is 0 Å². The standard InChI is InChI=1S/C13H16N2O6/c1-4-21-13(17)14(2)8-10-6-5-9(12(16)20-3)7-11(10)15(18)19/h5-7H,4,8H2,1-3H3. The summed E-state index contributed by atoms with van der Waals surface area (Å²) < 4.78 is 9.31. The summed E-state index contributed by atoms with van der Waals surface area (Å²) in [5.41, 5.74) is 0.115. The van der Waals surface area contributed by atoms with Gasteiger partial charge in [0.1, 0.15) is 0 Å². The normalized spacial score (nSPS) is 9.86. The lowest BCUT2D eigenvalue weighted by atomic mass is 10.1. The first-order chi connectivity index (χ1) is 9.90. The molecular formula is C13H16N2O6. The number of methoxy groups -OCH3 is 1. The topological polar surface area (TPSA) is 99.0 Å². The van der Waals surface area contributed by atoms with Gasteiger partial charge in [0.2, 0.25) is 0 Å². The Morgan fingerprint density at radius 1 is 1.38 bits per heavy atom. The van der Waals surface area contributed by atoms with Gasteiger partial charge in [-0.3, -0.25) is 10.1 Å². The largest absolute Gasteiger partial charge is 0.465 e. The van der Waals surface area contributed by atoms with Crippen LogP contribution in [0.1, 0.15) is 22.8 Å². The Labute approximate surface area is 121 Å². The molecule has 1 amide bonds. The number of esters is 1. The summed E-state index contributed by atoms with van der Waals surface area (Å²) in [6.45, 7) is 1.88. The van der Waals surface area contributed by atoms with E-state index in [1.807, 2.05) is 0 Å². The second-order valence-corrected chi connectivity index (χ2v) is 4.15. The molecule has 0 heterocycles. The SMILES string of the molecule is CCOC(=O)N(C)Cc1ccc(C(=O)OC)cc1[N+](=O)[O-]. The van der Waals surface area contributed by atoms with Crippen LogP contribution in [-0.4, -0.2) is 42.7 Å². The van der Waals surface area contributed by atoms with E-state index >= 15 is 0 Å². The quantitative estimate of drug-likeness (QED) is 0.468. The minimum absolute atomic E-state index is 0.00337. The van der Waals surface area contributed by atoms with Gasteiger partial charge < -0.3 is 14.4 Å². The predicted molar refractivity (Wildman–Crippen MR) is 72.9 cm³/mol. The molecule has 0 aromatic heterocycles. The van der Waals surface area contributed by atoms with Crippen molar-refractivity contribution in [2.24, 2.45) is 0 Å². The van der Waals surface area contributed by atoms with Crippen LogP contribution < -0.4 is 0 Å². The Balaban J connectivity index is 3.04. The minimum atomic E-state index is -0.664. The van der Waals surface area contributed by atoms with Gasteiger partial charge in [0, 0.05) is 18.7 Å². The number of rotatable bonds is 5. The van der Waals surface area contributed by atoms with Crippen molar-refractivity contribution < 1.29 is 24.0 Å². The summed E-state index contributed by atoms with van der Waals surface area (Å²) in [7, 11) is 2.66. The molecule has 0 saturated heterocycles. The highest BCUT2D eigenvalue weighted by Gasteiger charge is 2.20. The second-order valence-electron chi connectivity index (χ2n) is 4.15. The van der Waals surface area contributed by atoms with E-state index in [1.54, 1.807) is 6.92 Å². The third-order valence-corrected chi connectivity index (χ3v) is 2.69. The van der Waals surface area contributed by atoms with E-state index in [-0.39, 0.29) is 24.4 Å². The summed E-state index contributed by atoms with van der Waals surface area (Å²) in [6, 6.07) is 3.95. The number of ether oxygens (including phenoxy) is 2. The fourth-order valence-electron chi connectivity index (χ4n) is 1.67. The van der Waals surface area contributed by atoms with Gasteiger partial charge >= 0.3 is 12.1 Å². The average molecular weight is 296 g/mol. The number of benzene rings is 1. The molecule has 1 aromatic carbocycles. The molecule has 21 heavy (non-hydrogen) atoms. The van der Waals surface area contributed by atoms with Crippen LogP contribution in [0.15, 0.2) is 18.2 Å². The highest BCUT2D eigenvalue weighted by Crippen LogP contribution is 2.22. The lowest BCUT2D eigenvalue weighted by molar-refractivity contribution is -0.385. The maximum Gasteiger partial charge on any atom is 0.409 e. The van der Waals surface area contributed by atoms with Crippen molar-refractivity contribution in [1.82, 2.24) is 4.90 Å². The summed E-state index contributed by atoms with van der Waals surface area (Å²) in [4.78, 5) is 34.6. The van der Waals surface area contributed by atoms with E-state index in [0.29, 0.717) is 5.56 Å². The first kappa shape index (κ1) is 16.4. The van der Waals surface area contributed by atoms with Crippen LogP contribution in [0.25, 0.3) is 0 Å². The van der Waals surface area contributed by atoms with Gasteiger partial charge in [-0.1, -0.05) is 0 Å². The lowest BCUT2D eigenvalue weighted by Crippen LogP contribution is -2.27. The lowest BCUT2D eigenvalue weighted by Gasteiger charge is -2.16. The van der Waals surface area contributed by atoms with Gasteiger partial charge in [-0.05, 0) is 19.1 Å². The molecule has 8 heteroatoms. The summed E-state index contributed by atoms with van der Waals surface area (Å²) in [5.74, 6) is -0.664. The zero-order valence-corrected chi connectivity index (χ0v) is 12.0. The maximum absolute atomic E-state index is 11.5. The van der Waals surface area contributed by atoms with Crippen molar-refractivity contribution in [3.8, 4) is 0 Å². The molecule has 114 valence electrons. The smallest absolute Gasteiger partial charge is 0.409 e. The molecule has 1 aromatic rings. The molecule has 0 radical (unpaired) electrons. The fraction of sp³-hybridized carbons (Fsp3) is 0.385. The molecule has 0 aliphatic heterocycles. The van der Waals surface area contributed by atoms with E-state index < -0.39 is 17.0 Å². The number of hydrogen-bond acceptors (Lipinski definition) is 6. The molecule has 0 fully saturated rings. The number of hydrogen-bond donors (Lipinski definition) is 0. The van der Waals surface area contributed by atoms with Crippen LogP contribution in [-0.2, 0) is 16.0 Å². The Hall–Kier alpha value is -2.64. The molecule has 1 rings (SSSR count). The molecule has 0 N–H and O–H groups in total. The molecule has 0 atom stereocenters. The molecular weight excluding hydrogens is 280 g/mol. The Bertz CT molecular complexity index is 558. The van der Waals surface area contributed by atoms with E-state index in [4.69, 9.17) is 4.74 Å². The number of amides is 1. The summed E-state index contributed by atoms with van der Waals surface area (Å²) in [6.07, 6.45) is -0.580. The fourth-order valence-corrected chi connectivity index (χ4v) is 1.67. The number of nitro groups is 1. The number of nitrogens with zero attached hydrogens (tertiary/aromatic N) is 2. The number of carbonyl (C=O) groups excluding carboxylic acids is 2. The molecule has 0 bridgehead atoms. The Morgan fingerprint density at radius 2 is 2.05 bits per heavy atom.